The van der Waals surface area contributed by atoms with Gasteiger partial charge in [-0.3, -0.25) is 0 Å². The van der Waals surface area contributed by atoms with Gasteiger partial charge in [-0.05, 0) is 59.8 Å². The lowest BCUT2D eigenvalue weighted by atomic mass is 10.1. The van der Waals surface area contributed by atoms with Crippen LogP contribution in [0, 0.1) is 11.6 Å². The third kappa shape index (κ3) is 6.18. The van der Waals surface area contributed by atoms with Crippen LogP contribution >= 0.6 is 23.4 Å². The molecule has 0 saturated heterocycles. The highest BCUT2D eigenvalue weighted by molar-refractivity contribution is 7.97. The molecule has 0 spiro atoms. The molecule has 33 heavy (non-hydrogen) atoms. The summed E-state index contributed by atoms with van der Waals surface area (Å²) in [5, 5.41) is 3.42. The standard InChI is InChI=1S/C24H19ClF2N4OS/c1-33-13-15-3-2-4-20(9-15)30-24-29-14-28-23(31-24)21-6-5-18(26)11-22(21)32-12-16-7-17(25)10-19(27)8-16/h2-11,14H,12-13H2,1H3,(H,28,29,30,31). The highest BCUT2D eigenvalue weighted by Crippen LogP contribution is 2.30. The summed E-state index contributed by atoms with van der Waals surface area (Å²) in [6.07, 6.45) is 3.42. The van der Waals surface area contributed by atoms with Gasteiger partial charge in [0.2, 0.25) is 5.95 Å². The van der Waals surface area contributed by atoms with Crippen molar-refractivity contribution in [2.75, 3.05) is 11.6 Å². The molecule has 9 heteroatoms. The van der Waals surface area contributed by atoms with Gasteiger partial charge in [-0.1, -0.05) is 23.7 Å². The van der Waals surface area contributed by atoms with Crippen molar-refractivity contribution in [3.63, 3.8) is 0 Å². The van der Waals surface area contributed by atoms with Crippen molar-refractivity contribution in [3.05, 3.63) is 94.8 Å². The summed E-state index contributed by atoms with van der Waals surface area (Å²) in [6.45, 7) is -0.00758. The summed E-state index contributed by atoms with van der Waals surface area (Å²) < 4.78 is 33.4. The average Bonchev–Trinajstić information content (AvgIpc) is 2.78. The number of anilines is 2. The van der Waals surface area contributed by atoms with E-state index < -0.39 is 11.6 Å². The quantitative estimate of drug-likeness (QED) is 0.302. The Hall–Kier alpha value is -3.23. The molecule has 0 atom stereocenters. The molecule has 168 valence electrons. The highest BCUT2D eigenvalue weighted by Gasteiger charge is 2.13. The summed E-state index contributed by atoms with van der Waals surface area (Å²) in [4.78, 5) is 12.9. The van der Waals surface area contributed by atoms with E-state index in [9.17, 15) is 8.78 Å². The SMILES string of the molecule is CSCc1cccc(Nc2ncnc(-c3ccc(F)cc3OCc3cc(F)cc(Cl)c3)n2)c1. The molecule has 0 aliphatic rings. The van der Waals surface area contributed by atoms with Gasteiger partial charge in [-0.15, -0.1) is 0 Å². The molecule has 5 nitrogen and oxygen atoms in total. The summed E-state index contributed by atoms with van der Waals surface area (Å²) in [5.41, 5.74) is 3.00. The van der Waals surface area contributed by atoms with Gasteiger partial charge in [0, 0.05) is 22.5 Å². The molecule has 0 aliphatic heterocycles. The van der Waals surface area contributed by atoms with Crippen LogP contribution in [-0.2, 0) is 12.4 Å². The monoisotopic (exact) mass is 484 g/mol. The van der Waals surface area contributed by atoms with Crippen LogP contribution in [0.2, 0.25) is 5.02 Å². The highest BCUT2D eigenvalue weighted by atomic mass is 35.5. The minimum atomic E-state index is -0.482. The molecule has 0 bridgehead atoms. The Labute approximate surface area is 199 Å². The Bertz CT molecular complexity index is 1250. The zero-order valence-electron chi connectivity index (χ0n) is 17.6. The van der Waals surface area contributed by atoms with E-state index in [1.807, 2.05) is 24.5 Å². The minimum Gasteiger partial charge on any atom is -0.488 e. The van der Waals surface area contributed by atoms with E-state index in [2.05, 4.69) is 26.3 Å². The number of nitrogens with zero attached hydrogens (tertiary/aromatic N) is 3. The van der Waals surface area contributed by atoms with Crippen LogP contribution < -0.4 is 10.1 Å². The number of hydrogen-bond acceptors (Lipinski definition) is 6. The third-order valence-corrected chi connectivity index (χ3v) is 5.41. The van der Waals surface area contributed by atoms with E-state index in [-0.39, 0.29) is 17.4 Å². The first-order valence-corrected chi connectivity index (χ1v) is 11.7. The minimum absolute atomic E-state index is 0.00758. The van der Waals surface area contributed by atoms with Crippen molar-refractivity contribution in [3.8, 4) is 17.1 Å². The molecule has 0 amide bonds. The summed E-state index contributed by atoms with van der Waals surface area (Å²) in [5.74, 6) is 0.799. The number of rotatable bonds is 8. The zero-order chi connectivity index (χ0) is 23.2. The van der Waals surface area contributed by atoms with Crippen LogP contribution in [0.4, 0.5) is 20.4 Å². The maximum Gasteiger partial charge on any atom is 0.230 e. The van der Waals surface area contributed by atoms with Crippen molar-refractivity contribution in [2.24, 2.45) is 0 Å². The van der Waals surface area contributed by atoms with E-state index in [1.165, 1.54) is 42.2 Å². The van der Waals surface area contributed by atoms with Crippen molar-refractivity contribution < 1.29 is 13.5 Å². The van der Waals surface area contributed by atoms with E-state index >= 15 is 0 Å². The molecular weight excluding hydrogens is 466 g/mol. The van der Waals surface area contributed by atoms with Crippen LogP contribution in [0.3, 0.4) is 0 Å². The molecule has 4 rings (SSSR count). The molecule has 0 unspecified atom stereocenters. The molecule has 0 radical (unpaired) electrons. The first-order valence-electron chi connectivity index (χ1n) is 9.92. The van der Waals surface area contributed by atoms with Gasteiger partial charge in [0.15, 0.2) is 5.82 Å². The number of hydrogen-bond donors (Lipinski definition) is 1. The van der Waals surface area contributed by atoms with Crippen LogP contribution in [0.1, 0.15) is 11.1 Å². The number of ether oxygens (including phenoxy) is 1. The largest absolute Gasteiger partial charge is 0.488 e. The topological polar surface area (TPSA) is 59.9 Å². The van der Waals surface area contributed by atoms with E-state index in [1.54, 1.807) is 17.8 Å². The summed E-state index contributed by atoms with van der Waals surface area (Å²) in [6, 6.07) is 16.1. The maximum absolute atomic E-state index is 14.0. The second kappa shape index (κ2) is 10.6. The Morgan fingerprint density at radius 2 is 1.85 bits per heavy atom. The van der Waals surface area contributed by atoms with Crippen LogP contribution in [-0.4, -0.2) is 21.2 Å². The van der Waals surface area contributed by atoms with E-state index in [0.717, 1.165) is 11.4 Å². The van der Waals surface area contributed by atoms with Gasteiger partial charge < -0.3 is 10.1 Å². The molecule has 1 heterocycles. The number of aromatic nitrogens is 3. The summed E-state index contributed by atoms with van der Waals surface area (Å²) >= 11 is 7.64. The van der Waals surface area contributed by atoms with Crippen LogP contribution in [0.5, 0.6) is 5.75 Å². The fourth-order valence-electron chi connectivity index (χ4n) is 3.18. The van der Waals surface area contributed by atoms with Gasteiger partial charge in [0.05, 0.1) is 5.56 Å². The van der Waals surface area contributed by atoms with Crippen molar-refractivity contribution in [2.45, 2.75) is 12.4 Å². The van der Waals surface area contributed by atoms with E-state index in [4.69, 9.17) is 16.3 Å². The second-order valence-corrected chi connectivity index (χ2v) is 8.40. The third-order valence-electron chi connectivity index (χ3n) is 4.57. The van der Waals surface area contributed by atoms with Gasteiger partial charge in [0.1, 0.15) is 30.3 Å². The first kappa shape index (κ1) is 22.9. The van der Waals surface area contributed by atoms with Crippen LogP contribution in [0.15, 0.2) is 67.0 Å². The van der Waals surface area contributed by atoms with Gasteiger partial charge in [-0.2, -0.15) is 16.7 Å². The zero-order valence-corrected chi connectivity index (χ0v) is 19.1. The molecule has 1 aromatic heterocycles. The lowest BCUT2D eigenvalue weighted by Crippen LogP contribution is -2.03. The Balaban J connectivity index is 1.58. The van der Waals surface area contributed by atoms with Crippen LogP contribution in [0.25, 0.3) is 11.4 Å². The number of halogens is 3. The lowest BCUT2D eigenvalue weighted by molar-refractivity contribution is 0.305. The number of nitrogens with one attached hydrogen (secondary N) is 1. The Kier molecular flexibility index (Phi) is 7.36. The number of benzene rings is 3. The van der Waals surface area contributed by atoms with Gasteiger partial charge in [-0.25, -0.2) is 18.7 Å². The van der Waals surface area contributed by atoms with Crippen molar-refractivity contribution in [1.82, 2.24) is 15.0 Å². The fraction of sp³-hybridized carbons (Fsp3) is 0.125. The molecule has 0 saturated carbocycles. The predicted molar refractivity (Wildman–Crippen MR) is 128 cm³/mol. The molecule has 0 fully saturated rings. The van der Waals surface area contributed by atoms with Crippen molar-refractivity contribution in [1.29, 1.82) is 0 Å². The normalized spacial score (nSPS) is 10.8. The van der Waals surface area contributed by atoms with Gasteiger partial charge in [0.25, 0.3) is 0 Å². The van der Waals surface area contributed by atoms with Gasteiger partial charge >= 0.3 is 0 Å². The molecule has 4 aromatic rings. The average molecular weight is 485 g/mol. The van der Waals surface area contributed by atoms with E-state index in [0.29, 0.717) is 22.9 Å². The lowest BCUT2D eigenvalue weighted by Gasteiger charge is -2.12. The smallest absolute Gasteiger partial charge is 0.230 e. The molecule has 1 N–H and O–H groups in total. The molecule has 3 aromatic carbocycles. The van der Waals surface area contributed by atoms with Crippen molar-refractivity contribution >= 4 is 35.0 Å². The maximum atomic E-state index is 14.0. The number of thioether (sulfide) groups is 1. The first-order chi connectivity index (χ1) is 16.0. The second-order valence-electron chi connectivity index (χ2n) is 7.10. The Morgan fingerprint density at radius 3 is 2.67 bits per heavy atom. The summed E-state index contributed by atoms with van der Waals surface area (Å²) in [7, 11) is 0. The fourth-order valence-corrected chi connectivity index (χ4v) is 3.93. The predicted octanol–water partition coefficient (Wildman–Crippen LogP) is 6.66. The molecule has 0 aliphatic carbocycles. The molecular formula is C24H19ClF2N4OS. The Morgan fingerprint density at radius 1 is 0.970 bits per heavy atom.